The van der Waals surface area contributed by atoms with Gasteiger partial charge in [-0.25, -0.2) is 34.9 Å². The molecule has 4 atom stereocenters. The molecule has 7 aromatic heterocycles. The highest BCUT2D eigenvalue weighted by Crippen LogP contribution is 2.40. The highest BCUT2D eigenvalue weighted by Gasteiger charge is 2.33. The van der Waals surface area contributed by atoms with Crippen molar-refractivity contribution in [3.63, 3.8) is 0 Å². The molecule has 81 heavy (non-hydrogen) atoms. The average molecular weight is 1210 g/mol. The number of aryl methyl sites for hydroxylation is 1. The van der Waals surface area contributed by atoms with Crippen molar-refractivity contribution in [2.24, 2.45) is 5.92 Å². The maximum absolute atomic E-state index is 14.3. The number of ether oxygens (including phenoxy) is 1. The van der Waals surface area contributed by atoms with Gasteiger partial charge < -0.3 is 46.9 Å². The molecule has 8 N–H and O–H groups in total. The van der Waals surface area contributed by atoms with Crippen molar-refractivity contribution in [3.8, 4) is 43.4 Å². The molecule has 10 bridgehead atoms. The Morgan fingerprint density at radius 1 is 0.716 bits per heavy atom. The first-order valence-electron chi connectivity index (χ1n) is 24.9. The summed E-state index contributed by atoms with van der Waals surface area (Å²) in [6, 6.07) is 9.37. The number of aromatic nitrogens is 7. The number of carbonyl (C=O) groups is 7. The Morgan fingerprint density at radius 3 is 2.19 bits per heavy atom. The zero-order valence-electron chi connectivity index (χ0n) is 43.7. The molecule has 9 rings (SSSR count). The maximum Gasteiger partial charge on any atom is 0.303 e. The van der Waals surface area contributed by atoms with E-state index in [0.29, 0.717) is 68.7 Å². The number of thiazole rings is 6. The molecular formula is C52H51N13O10S6. The lowest BCUT2D eigenvalue weighted by Gasteiger charge is -2.23. The van der Waals surface area contributed by atoms with Gasteiger partial charge in [-0.2, -0.15) is 0 Å². The van der Waals surface area contributed by atoms with E-state index in [1.165, 1.54) is 59.5 Å². The van der Waals surface area contributed by atoms with Crippen LogP contribution in [0.4, 0.5) is 0 Å². The number of fused-ring (bicyclic) bond motifs is 14. The summed E-state index contributed by atoms with van der Waals surface area (Å²) >= 11 is 7.06. The number of aliphatic carboxylic acids is 1. The summed E-state index contributed by atoms with van der Waals surface area (Å²) in [5.41, 5.74) is 2.66. The lowest BCUT2D eigenvalue weighted by molar-refractivity contribution is -0.137. The summed E-state index contributed by atoms with van der Waals surface area (Å²) in [6.45, 7) is 5.08. The van der Waals surface area contributed by atoms with E-state index in [0.717, 1.165) is 22.7 Å². The first kappa shape index (κ1) is 58.0. The molecule has 29 heteroatoms. The first-order chi connectivity index (χ1) is 39.0. The van der Waals surface area contributed by atoms with Crippen molar-refractivity contribution in [2.75, 3.05) is 27.2 Å². The van der Waals surface area contributed by atoms with Gasteiger partial charge in [0.1, 0.15) is 82.0 Å². The second-order valence-corrected chi connectivity index (χ2v) is 24.2. The van der Waals surface area contributed by atoms with Gasteiger partial charge in [0.25, 0.3) is 23.6 Å². The smallest absolute Gasteiger partial charge is 0.303 e. The number of benzene rings is 1. The van der Waals surface area contributed by atoms with Crippen LogP contribution in [0.2, 0.25) is 0 Å². The summed E-state index contributed by atoms with van der Waals surface area (Å²) in [6.07, 6.45) is -1.37. The molecule has 0 fully saturated rings. The van der Waals surface area contributed by atoms with Crippen LogP contribution in [-0.4, -0.2) is 114 Å². The summed E-state index contributed by atoms with van der Waals surface area (Å²) in [5, 5.41) is 46.5. The standard InChI is InChI=1S/C52H51N13O10S6/c1-23(2)37-52-65-40(33(81-52)18-75-5)45(73)55-17-35(67)62-41(42(70)25-10-7-6-8-11-25)51-61-32(22-79-51)49-58-29(19-77-49)39-26(13-14-27(56-39)48-60-30(20-78-48)43(71)54-15-9-12-36(68)69)47-59-31(21-76-47)44(72)57-28(16-34(66)53-4)50-64-38(24(3)80-50)46(74)63-37/h6-8,10-11,13-14,19-23,28,37,41-42,70H,9,12,15-18H2,1-5H3,(H,53,66)(H,54,71)(H,55,73)(H,57,72)(H,62,67)(H,63,74)(H,68,69)/t28-,37-,41?,42?/m0/s1. The summed E-state index contributed by atoms with van der Waals surface area (Å²) in [4.78, 5) is 128. The Labute approximate surface area is 486 Å². The number of aliphatic hydroxyl groups excluding tert-OH is 1. The zero-order valence-corrected chi connectivity index (χ0v) is 48.6. The third kappa shape index (κ3) is 13.6. The number of carbonyl (C=O) groups excluding carboxylic acids is 6. The third-order valence-electron chi connectivity index (χ3n) is 12.3. The second-order valence-electron chi connectivity index (χ2n) is 18.4. The van der Waals surface area contributed by atoms with Gasteiger partial charge in [-0.1, -0.05) is 44.2 Å². The quantitative estimate of drug-likeness (QED) is 0.0544. The number of aliphatic hydroxyl groups is 1. The third-order valence-corrected chi connectivity index (χ3v) is 18.1. The second kappa shape index (κ2) is 25.9. The van der Waals surface area contributed by atoms with Crippen molar-refractivity contribution in [3.05, 3.63) is 117 Å². The van der Waals surface area contributed by atoms with Crippen LogP contribution < -0.4 is 31.9 Å². The molecule has 1 aliphatic rings. The molecule has 0 spiro atoms. The van der Waals surface area contributed by atoms with Crippen molar-refractivity contribution in [2.45, 2.75) is 70.9 Å². The Bertz CT molecular complexity index is 3640. The minimum Gasteiger partial charge on any atom is -0.481 e. The van der Waals surface area contributed by atoms with Crippen molar-refractivity contribution < 1.29 is 48.5 Å². The monoisotopic (exact) mass is 1210 g/mol. The van der Waals surface area contributed by atoms with Crippen LogP contribution in [-0.2, 0) is 25.7 Å². The van der Waals surface area contributed by atoms with Crippen LogP contribution in [0.3, 0.4) is 0 Å². The van der Waals surface area contributed by atoms with E-state index in [2.05, 4.69) is 46.9 Å². The lowest BCUT2D eigenvalue weighted by Crippen LogP contribution is -2.40. The number of rotatable bonds is 13. The van der Waals surface area contributed by atoms with E-state index >= 15 is 0 Å². The minimum absolute atomic E-state index is 0.00145. The molecule has 0 radical (unpaired) electrons. The highest BCUT2D eigenvalue weighted by atomic mass is 32.1. The molecule has 0 saturated carbocycles. The first-order valence-corrected chi connectivity index (χ1v) is 30.1. The Balaban J connectivity index is 1.12. The number of amides is 6. The van der Waals surface area contributed by atoms with Gasteiger partial charge in [0.05, 0.1) is 42.2 Å². The molecule has 0 aliphatic carbocycles. The van der Waals surface area contributed by atoms with Crippen LogP contribution in [0.25, 0.3) is 43.4 Å². The van der Waals surface area contributed by atoms with Gasteiger partial charge in [0.15, 0.2) is 0 Å². The predicted molar refractivity (Wildman–Crippen MR) is 306 cm³/mol. The summed E-state index contributed by atoms with van der Waals surface area (Å²) in [7, 11) is 2.93. The van der Waals surface area contributed by atoms with Crippen LogP contribution in [0.1, 0.15) is 130 Å². The van der Waals surface area contributed by atoms with E-state index in [1.807, 2.05) is 13.8 Å². The van der Waals surface area contributed by atoms with Gasteiger partial charge in [0, 0.05) is 59.1 Å². The van der Waals surface area contributed by atoms with E-state index in [1.54, 1.807) is 70.9 Å². The molecule has 6 amide bonds. The number of carboxylic acids is 1. The van der Waals surface area contributed by atoms with Crippen molar-refractivity contribution in [1.82, 2.24) is 66.8 Å². The number of hydrogen-bond donors (Lipinski definition) is 8. The van der Waals surface area contributed by atoms with E-state index in [-0.39, 0.29) is 66.1 Å². The molecule has 1 aromatic carbocycles. The topological polar surface area (TPSA) is 332 Å². The van der Waals surface area contributed by atoms with Gasteiger partial charge in [-0.15, -0.1) is 68.0 Å². The number of methoxy groups -OCH3 is 1. The fraction of sp³-hybridized carbons (Fsp3) is 0.308. The molecule has 1 aliphatic heterocycles. The predicted octanol–water partition coefficient (Wildman–Crippen LogP) is 6.91. The molecule has 0 saturated heterocycles. The highest BCUT2D eigenvalue weighted by molar-refractivity contribution is 7.15. The van der Waals surface area contributed by atoms with Gasteiger partial charge >= 0.3 is 5.97 Å². The molecule has 8 aromatic rings. The lowest BCUT2D eigenvalue weighted by atomic mass is 10.0. The Morgan fingerprint density at radius 2 is 1.43 bits per heavy atom. The summed E-state index contributed by atoms with van der Waals surface area (Å²) in [5.74, 6) is -4.63. The molecular weight excluding hydrogens is 1160 g/mol. The van der Waals surface area contributed by atoms with Crippen LogP contribution >= 0.6 is 68.0 Å². The van der Waals surface area contributed by atoms with Gasteiger partial charge in [-0.3, -0.25) is 33.6 Å². The van der Waals surface area contributed by atoms with Crippen LogP contribution in [0.15, 0.2) is 64.0 Å². The number of hydrogen-bond acceptors (Lipinski definition) is 22. The minimum atomic E-state index is -1.28. The van der Waals surface area contributed by atoms with Gasteiger partial charge in [0.2, 0.25) is 11.8 Å². The zero-order chi connectivity index (χ0) is 57.5. The van der Waals surface area contributed by atoms with E-state index in [4.69, 9.17) is 29.8 Å². The molecule has 420 valence electrons. The fourth-order valence-corrected chi connectivity index (χ4v) is 13.8. The average Bonchev–Trinajstić information content (AvgIpc) is 4.42. The number of carboxylic acid groups (broad SMARTS) is 1. The van der Waals surface area contributed by atoms with Crippen LogP contribution in [0, 0.1) is 12.8 Å². The van der Waals surface area contributed by atoms with Crippen molar-refractivity contribution in [1.29, 1.82) is 0 Å². The molecule has 8 heterocycles. The number of nitrogens with zero attached hydrogens (tertiary/aromatic N) is 7. The number of pyridine rings is 1. The fourth-order valence-electron chi connectivity index (χ4n) is 8.22. The van der Waals surface area contributed by atoms with Crippen LogP contribution in [0.5, 0.6) is 0 Å². The maximum atomic E-state index is 14.3. The van der Waals surface area contributed by atoms with Gasteiger partial charge in [-0.05, 0) is 37.0 Å². The normalized spacial score (nSPS) is 16.4. The number of nitrogens with one attached hydrogen (secondary N) is 6. The van der Waals surface area contributed by atoms with E-state index < -0.39 is 72.2 Å². The summed E-state index contributed by atoms with van der Waals surface area (Å²) < 4.78 is 5.44. The molecule has 23 nitrogen and oxygen atoms in total. The Hall–Kier alpha value is -7.64. The molecule has 2 unspecified atom stereocenters. The van der Waals surface area contributed by atoms with Crippen molar-refractivity contribution >= 4 is 109 Å². The Kier molecular flexibility index (Phi) is 18.5. The SMILES string of the molecule is CNC(=O)C[C@@H]1NC(=O)c2csc(n2)-c2ccc(-c3nc(C(=O)NCCCC(=O)O)cs3)nc2-c2csc(n2)-c2csc(n2)C(C(O)c2ccccc2)NC(=O)CNC(=O)c2nc(sc2COC)[C@H](C(C)C)NC(=O)c2nc1sc2C. The van der Waals surface area contributed by atoms with E-state index in [9.17, 15) is 38.7 Å². The largest absolute Gasteiger partial charge is 0.481 e.